The number of allylic oxidation sites excluding steroid dienone is 3. The molecule has 0 aromatic heterocycles. The first-order chi connectivity index (χ1) is 11.2. The van der Waals surface area contributed by atoms with Gasteiger partial charge < -0.3 is 9.47 Å². The molecule has 0 spiro atoms. The van der Waals surface area contributed by atoms with Gasteiger partial charge in [0.2, 0.25) is 0 Å². The van der Waals surface area contributed by atoms with Crippen LogP contribution >= 0.6 is 0 Å². The van der Waals surface area contributed by atoms with E-state index in [1.54, 1.807) is 0 Å². The summed E-state index contributed by atoms with van der Waals surface area (Å²) in [6.45, 7) is 7.49. The monoisotopic (exact) mass is 332 g/mol. The van der Waals surface area contributed by atoms with Gasteiger partial charge >= 0.3 is 23.9 Å². The average molecular weight is 332 g/mol. The van der Waals surface area contributed by atoms with E-state index < -0.39 is 47.5 Å². The molecule has 3 aliphatic rings. The van der Waals surface area contributed by atoms with Crippen molar-refractivity contribution in [3.63, 3.8) is 0 Å². The van der Waals surface area contributed by atoms with Crippen LogP contribution in [0.4, 0.5) is 0 Å². The van der Waals surface area contributed by atoms with Crippen molar-refractivity contribution in [2.45, 2.75) is 34.1 Å². The number of hydrogen-bond acceptors (Lipinski definition) is 6. The van der Waals surface area contributed by atoms with Crippen LogP contribution in [0.3, 0.4) is 0 Å². The highest BCUT2D eigenvalue weighted by atomic mass is 16.6. The van der Waals surface area contributed by atoms with Gasteiger partial charge in [-0.3, -0.25) is 19.2 Å². The van der Waals surface area contributed by atoms with Gasteiger partial charge in [0.25, 0.3) is 0 Å². The van der Waals surface area contributed by atoms with Gasteiger partial charge in [-0.1, -0.05) is 24.1 Å². The van der Waals surface area contributed by atoms with Crippen molar-refractivity contribution < 1.29 is 28.7 Å². The van der Waals surface area contributed by atoms with Crippen LogP contribution in [0.2, 0.25) is 0 Å². The number of hydrogen-bond donors (Lipinski definition) is 0. The minimum Gasteiger partial charge on any atom is -0.393 e. The minimum atomic E-state index is -0.690. The van der Waals surface area contributed by atoms with Crippen molar-refractivity contribution in [2.24, 2.45) is 29.6 Å². The molecule has 2 saturated heterocycles. The third-order valence-electron chi connectivity index (χ3n) is 5.31. The lowest BCUT2D eigenvalue weighted by Gasteiger charge is -2.37. The molecule has 2 aliphatic heterocycles. The Kier molecular flexibility index (Phi) is 3.94. The molecular formula is C18H20O6. The summed E-state index contributed by atoms with van der Waals surface area (Å²) in [7, 11) is 0. The molecule has 0 radical (unpaired) electrons. The first-order valence-corrected chi connectivity index (χ1v) is 8.08. The molecule has 2 fully saturated rings. The summed E-state index contributed by atoms with van der Waals surface area (Å²) in [5.41, 5.74) is 2.55. The standard InChI is InChI=1S/C18H20O6/c1-7(2)5-10-13(11-6-12(19)23-16(11)20)8(3)9(4)14-15(10)18(22)24-17(14)21/h5,9-11,14-15H,6H2,1-4H3. The number of cyclic esters (lactones) is 4. The van der Waals surface area contributed by atoms with E-state index >= 15 is 0 Å². The minimum absolute atomic E-state index is 0.0221. The van der Waals surface area contributed by atoms with Gasteiger partial charge in [-0.05, 0) is 32.3 Å². The molecule has 128 valence electrons. The van der Waals surface area contributed by atoms with E-state index in [0.717, 1.165) is 16.7 Å². The van der Waals surface area contributed by atoms with E-state index in [9.17, 15) is 19.2 Å². The zero-order chi connectivity index (χ0) is 17.8. The highest BCUT2D eigenvalue weighted by Gasteiger charge is 2.56. The molecule has 5 atom stereocenters. The highest BCUT2D eigenvalue weighted by Crippen LogP contribution is 2.50. The van der Waals surface area contributed by atoms with Crippen molar-refractivity contribution in [1.29, 1.82) is 0 Å². The van der Waals surface area contributed by atoms with E-state index in [4.69, 9.17) is 9.47 Å². The zero-order valence-corrected chi connectivity index (χ0v) is 14.1. The Morgan fingerprint density at radius 2 is 1.62 bits per heavy atom. The van der Waals surface area contributed by atoms with Crippen molar-refractivity contribution in [3.8, 4) is 0 Å². The molecule has 0 saturated carbocycles. The molecule has 0 N–H and O–H groups in total. The molecule has 6 heteroatoms. The summed E-state index contributed by atoms with van der Waals surface area (Å²) >= 11 is 0. The number of rotatable bonds is 2. The van der Waals surface area contributed by atoms with Crippen LogP contribution in [0.5, 0.6) is 0 Å². The Hall–Kier alpha value is -2.24. The number of fused-ring (bicyclic) bond motifs is 1. The van der Waals surface area contributed by atoms with Gasteiger partial charge in [0.15, 0.2) is 0 Å². The fraction of sp³-hybridized carbons (Fsp3) is 0.556. The Morgan fingerprint density at radius 1 is 1.00 bits per heavy atom. The normalized spacial score (nSPS) is 35.8. The number of esters is 4. The van der Waals surface area contributed by atoms with Gasteiger partial charge in [0.1, 0.15) is 0 Å². The second-order valence-electron chi connectivity index (χ2n) is 7.04. The largest absolute Gasteiger partial charge is 0.393 e. The van der Waals surface area contributed by atoms with Crippen molar-refractivity contribution in [1.82, 2.24) is 0 Å². The van der Waals surface area contributed by atoms with E-state index in [0.29, 0.717) is 0 Å². The zero-order valence-electron chi connectivity index (χ0n) is 14.1. The van der Waals surface area contributed by atoms with E-state index in [2.05, 4.69) is 0 Å². The number of carbonyl (C=O) groups excluding carboxylic acids is 4. The van der Waals surface area contributed by atoms with Crippen LogP contribution in [0.15, 0.2) is 22.8 Å². The second-order valence-corrected chi connectivity index (χ2v) is 7.04. The average Bonchev–Trinajstić information content (AvgIpc) is 2.95. The summed E-state index contributed by atoms with van der Waals surface area (Å²) in [6.07, 6.45) is 1.87. The molecule has 2 heterocycles. The van der Waals surface area contributed by atoms with Crippen LogP contribution < -0.4 is 0 Å². The number of carbonyl (C=O) groups is 4. The van der Waals surface area contributed by atoms with Crippen molar-refractivity contribution in [3.05, 3.63) is 22.8 Å². The van der Waals surface area contributed by atoms with Crippen LogP contribution in [0.25, 0.3) is 0 Å². The molecule has 3 rings (SSSR count). The Morgan fingerprint density at radius 3 is 2.17 bits per heavy atom. The highest BCUT2D eigenvalue weighted by molar-refractivity contribution is 5.99. The van der Waals surface area contributed by atoms with Gasteiger partial charge in [0, 0.05) is 5.92 Å². The first kappa shape index (κ1) is 16.6. The van der Waals surface area contributed by atoms with E-state index in [1.165, 1.54) is 0 Å². The third-order valence-corrected chi connectivity index (χ3v) is 5.31. The lowest BCUT2D eigenvalue weighted by Crippen LogP contribution is -2.39. The molecule has 5 unspecified atom stereocenters. The second kappa shape index (κ2) is 5.69. The van der Waals surface area contributed by atoms with Crippen LogP contribution in [-0.4, -0.2) is 23.9 Å². The quantitative estimate of drug-likeness (QED) is 0.436. The molecule has 0 amide bonds. The van der Waals surface area contributed by atoms with Crippen molar-refractivity contribution in [2.75, 3.05) is 0 Å². The molecule has 24 heavy (non-hydrogen) atoms. The van der Waals surface area contributed by atoms with Crippen LogP contribution in [0, 0.1) is 29.6 Å². The Bertz CT molecular complexity index is 709. The third kappa shape index (κ3) is 2.41. The topological polar surface area (TPSA) is 86.7 Å². The SMILES string of the molecule is CC(C)=CC1C(C2CC(=O)OC2=O)=C(C)C(C)C2C(=O)OC(=O)C12. The molecule has 0 aromatic carbocycles. The van der Waals surface area contributed by atoms with Crippen LogP contribution in [0.1, 0.15) is 34.1 Å². The smallest absolute Gasteiger partial charge is 0.321 e. The van der Waals surface area contributed by atoms with Gasteiger partial charge in [0.05, 0.1) is 24.2 Å². The Balaban J connectivity index is 2.16. The Labute approximate surface area is 139 Å². The summed E-state index contributed by atoms with van der Waals surface area (Å²) in [6, 6.07) is 0. The summed E-state index contributed by atoms with van der Waals surface area (Å²) in [5.74, 6) is -4.74. The van der Waals surface area contributed by atoms with Crippen LogP contribution in [-0.2, 0) is 28.7 Å². The molecule has 6 nitrogen and oxygen atoms in total. The maximum Gasteiger partial charge on any atom is 0.321 e. The predicted molar refractivity (Wildman–Crippen MR) is 82.1 cm³/mol. The van der Waals surface area contributed by atoms with Crippen molar-refractivity contribution >= 4 is 23.9 Å². The maximum absolute atomic E-state index is 12.3. The van der Waals surface area contributed by atoms with Gasteiger partial charge in [-0.15, -0.1) is 0 Å². The maximum atomic E-state index is 12.3. The lowest BCUT2D eigenvalue weighted by molar-refractivity contribution is -0.155. The molecule has 1 aliphatic carbocycles. The summed E-state index contributed by atoms with van der Waals surface area (Å²) in [4.78, 5) is 48.1. The van der Waals surface area contributed by atoms with Gasteiger partial charge in [-0.2, -0.15) is 0 Å². The lowest BCUT2D eigenvalue weighted by atomic mass is 9.62. The molecule has 0 aromatic rings. The fourth-order valence-electron chi connectivity index (χ4n) is 4.17. The van der Waals surface area contributed by atoms with Gasteiger partial charge in [-0.25, -0.2) is 0 Å². The first-order valence-electron chi connectivity index (χ1n) is 8.08. The van der Waals surface area contributed by atoms with E-state index in [1.807, 2.05) is 33.8 Å². The molecular weight excluding hydrogens is 312 g/mol. The summed E-state index contributed by atoms with van der Waals surface area (Å²) < 4.78 is 9.59. The molecule has 0 bridgehead atoms. The number of ether oxygens (including phenoxy) is 2. The predicted octanol–water partition coefficient (Wildman–Crippen LogP) is 1.94. The summed E-state index contributed by atoms with van der Waals surface area (Å²) in [5, 5.41) is 0. The van der Waals surface area contributed by atoms with E-state index in [-0.39, 0.29) is 12.3 Å². The fourth-order valence-corrected chi connectivity index (χ4v) is 4.17.